The molecule has 0 radical (unpaired) electrons. The van der Waals surface area contributed by atoms with E-state index < -0.39 is 45.3 Å². The van der Waals surface area contributed by atoms with Crippen LogP contribution >= 0.6 is 11.6 Å². The predicted octanol–water partition coefficient (Wildman–Crippen LogP) is 4.96. The summed E-state index contributed by atoms with van der Waals surface area (Å²) in [6.45, 7) is 6.08. The Kier molecular flexibility index (Phi) is 6.57. The molecule has 2 heterocycles. The molecule has 0 fully saturated rings. The van der Waals surface area contributed by atoms with Gasteiger partial charge in [0.2, 0.25) is 0 Å². The van der Waals surface area contributed by atoms with Gasteiger partial charge in [0.1, 0.15) is 22.5 Å². The van der Waals surface area contributed by atoms with Gasteiger partial charge in [0, 0.05) is 7.05 Å². The van der Waals surface area contributed by atoms with Crippen molar-refractivity contribution in [2.45, 2.75) is 33.9 Å². The second-order valence-electron chi connectivity index (χ2n) is 8.35. The first kappa shape index (κ1) is 25.0. The van der Waals surface area contributed by atoms with Crippen LogP contribution in [0.3, 0.4) is 0 Å². The van der Waals surface area contributed by atoms with Crippen molar-refractivity contribution in [3.05, 3.63) is 58.1 Å². The molecular weight excluding hydrogens is 473 g/mol. The van der Waals surface area contributed by atoms with E-state index in [0.717, 1.165) is 4.68 Å². The van der Waals surface area contributed by atoms with E-state index in [1.54, 1.807) is 30.3 Å². The van der Waals surface area contributed by atoms with Crippen molar-refractivity contribution >= 4 is 28.9 Å². The minimum absolute atomic E-state index is 0.0730. The maximum atomic E-state index is 13.8. The Morgan fingerprint density at radius 1 is 1.12 bits per heavy atom. The molecule has 12 heteroatoms. The summed E-state index contributed by atoms with van der Waals surface area (Å²) in [6.07, 6.45) is -4.95. The van der Waals surface area contributed by atoms with Crippen molar-refractivity contribution in [1.82, 2.24) is 24.8 Å². The molecule has 0 aliphatic heterocycles. The van der Waals surface area contributed by atoms with Crippen LogP contribution in [0.25, 0.3) is 17.0 Å². The molecule has 3 aromatic rings. The summed E-state index contributed by atoms with van der Waals surface area (Å²) in [5.41, 5.74) is -2.99. The smallest absolute Gasteiger partial charge is 0.424 e. The topological polar surface area (TPSA) is 98.6 Å². The predicted molar refractivity (Wildman–Crippen MR) is 117 cm³/mol. The molecule has 0 unspecified atom stereocenters. The molecule has 3 rings (SSSR count). The second-order valence-corrected chi connectivity index (χ2v) is 8.71. The highest BCUT2D eigenvalue weighted by atomic mass is 35.5. The molecule has 0 saturated heterocycles. The first-order valence-corrected chi connectivity index (χ1v) is 10.3. The molecular formula is C22H20ClF3N6O2. The number of para-hydroxylation sites is 1. The van der Waals surface area contributed by atoms with E-state index in [-0.39, 0.29) is 11.4 Å². The van der Waals surface area contributed by atoms with E-state index in [0.29, 0.717) is 5.69 Å². The van der Waals surface area contributed by atoms with E-state index in [1.807, 2.05) is 6.07 Å². The third-order valence-corrected chi connectivity index (χ3v) is 5.06. The van der Waals surface area contributed by atoms with Crippen molar-refractivity contribution in [3.8, 4) is 11.8 Å². The summed E-state index contributed by atoms with van der Waals surface area (Å²) in [4.78, 5) is 14.0. The molecule has 2 aromatic heterocycles. The summed E-state index contributed by atoms with van der Waals surface area (Å²) in [7, 11) is 1.20. The SMILES string of the molecule is Cc1nn(-c2ccccc2)nc1/C(C#N)=C(\OC(=O)C(C)(C)C)c1c(C(F)(F)F)nn(C)c1Cl. The molecule has 0 amide bonds. The van der Waals surface area contributed by atoms with Crippen LogP contribution in [0.4, 0.5) is 13.2 Å². The highest BCUT2D eigenvalue weighted by molar-refractivity contribution is 6.31. The lowest BCUT2D eigenvalue weighted by molar-refractivity contribution is -0.146. The van der Waals surface area contributed by atoms with E-state index in [1.165, 1.54) is 39.5 Å². The number of aryl methyl sites for hydroxylation is 2. The van der Waals surface area contributed by atoms with Crippen LogP contribution in [0, 0.1) is 23.7 Å². The van der Waals surface area contributed by atoms with Crippen LogP contribution in [0.5, 0.6) is 0 Å². The average molecular weight is 493 g/mol. The van der Waals surface area contributed by atoms with Gasteiger partial charge < -0.3 is 4.74 Å². The standard InChI is InChI=1S/C22H20ClF3N6O2/c1-12-16(29-32(28-12)13-9-7-6-8-10-13)14(11-27)17(34-20(33)21(2,3)4)15-18(22(24,25)26)30-31(5)19(15)23/h6-10H,1-5H3/b17-14-. The van der Waals surface area contributed by atoms with Crippen LogP contribution in [0.2, 0.25) is 5.15 Å². The number of benzene rings is 1. The normalized spacial score (nSPS) is 12.8. The molecule has 178 valence electrons. The van der Waals surface area contributed by atoms with Gasteiger partial charge in [0.05, 0.1) is 22.4 Å². The molecule has 8 nitrogen and oxygen atoms in total. The summed E-state index contributed by atoms with van der Waals surface area (Å²) >= 11 is 6.17. The van der Waals surface area contributed by atoms with Crippen molar-refractivity contribution < 1.29 is 22.7 Å². The number of allylic oxidation sites excluding steroid dienone is 1. The number of ether oxygens (including phenoxy) is 1. The number of hydrogen-bond donors (Lipinski definition) is 0. The average Bonchev–Trinajstić information content (AvgIpc) is 3.28. The number of halogens is 4. The maximum Gasteiger partial charge on any atom is 0.435 e. The van der Waals surface area contributed by atoms with Gasteiger partial charge in [-0.1, -0.05) is 29.8 Å². The van der Waals surface area contributed by atoms with Crippen molar-refractivity contribution in [2.24, 2.45) is 12.5 Å². The number of carbonyl (C=O) groups is 1. The van der Waals surface area contributed by atoms with E-state index in [4.69, 9.17) is 16.3 Å². The van der Waals surface area contributed by atoms with E-state index in [2.05, 4.69) is 15.3 Å². The Morgan fingerprint density at radius 2 is 1.74 bits per heavy atom. The number of nitrogens with zero attached hydrogens (tertiary/aromatic N) is 6. The molecule has 0 aliphatic rings. The first-order chi connectivity index (χ1) is 15.8. The summed E-state index contributed by atoms with van der Waals surface area (Å²) in [5.74, 6) is -1.58. The highest BCUT2D eigenvalue weighted by Gasteiger charge is 2.42. The fourth-order valence-corrected chi connectivity index (χ4v) is 3.09. The summed E-state index contributed by atoms with van der Waals surface area (Å²) < 4.78 is 47.7. The quantitative estimate of drug-likeness (QED) is 0.290. The third kappa shape index (κ3) is 4.82. The lowest BCUT2D eigenvalue weighted by atomic mass is 9.97. The Morgan fingerprint density at radius 3 is 2.26 bits per heavy atom. The van der Waals surface area contributed by atoms with Gasteiger partial charge in [-0.3, -0.25) is 9.48 Å². The summed E-state index contributed by atoms with van der Waals surface area (Å²) in [5, 5.41) is 21.5. The minimum atomic E-state index is -4.95. The Balaban J connectivity index is 2.35. The molecule has 0 aliphatic carbocycles. The number of rotatable bonds is 4. The lowest BCUT2D eigenvalue weighted by Crippen LogP contribution is -2.23. The molecule has 0 saturated carbocycles. The largest absolute Gasteiger partial charge is 0.435 e. The molecule has 0 N–H and O–H groups in total. The van der Waals surface area contributed by atoms with Gasteiger partial charge in [0.25, 0.3) is 0 Å². The zero-order valence-corrected chi connectivity index (χ0v) is 19.7. The number of carbonyl (C=O) groups excluding carboxylic acids is 1. The molecule has 0 bridgehead atoms. The van der Waals surface area contributed by atoms with Crippen LogP contribution in [0.15, 0.2) is 30.3 Å². The Hall–Kier alpha value is -3.65. The van der Waals surface area contributed by atoms with Crippen molar-refractivity contribution in [1.29, 1.82) is 5.26 Å². The highest BCUT2D eigenvalue weighted by Crippen LogP contribution is 2.41. The van der Waals surface area contributed by atoms with Gasteiger partial charge in [-0.25, -0.2) is 0 Å². The Bertz CT molecular complexity index is 1310. The maximum absolute atomic E-state index is 13.8. The Labute approximate surface area is 198 Å². The van der Waals surface area contributed by atoms with E-state index >= 15 is 0 Å². The third-order valence-electron chi connectivity index (χ3n) is 4.62. The summed E-state index contributed by atoms with van der Waals surface area (Å²) in [6, 6.07) is 10.5. The number of hydrogen-bond acceptors (Lipinski definition) is 6. The van der Waals surface area contributed by atoms with Gasteiger partial charge >= 0.3 is 12.1 Å². The number of aromatic nitrogens is 5. The van der Waals surface area contributed by atoms with Crippen molar-refractivity contribution in [2.75, 3.05) is 0 Å². The molecule has 0 spiro atoms. The number of alkyl halides is 3. The number of esters is 1. The zero-order valence-electron chi connectivity index (χ0n) is 18.9. The fourth-order valence-electron chi connectivity index (χ4n) is 2.87. The van der Waals surface area contributed by atoms with Gasteiger partial charge in [-0.15, -0.1) is 5.10 Å². The second kappa shape index (κ2) is 8.95. The van der Waals surface area contributed by atoms with Crippen molar-refractivity contribution in [3.63, 3.8) is 0 Å². The van der Waals surface area contributed by atoms with Gasteiger partial charge in [-0.2, -0.15) is 33.4 Å². The lowest BCUT2D eigenvalue weighted by Gasteiger charge is -2.19. The fraction of sp³-hybridized carbons (Fsp3) is 0.318. The minimum Gasteiger partial charge on any atom is -0.424 e. The zero-order chi connectivity index (χ0) is 25.4. The van der Waals surface area contributed by atoms with Crippen LogP contribution in [-0.2, 0) is 22.8 Å². The molecule has 1 aromatic carbocycles. The molecule has 0 atom stereocenters. The number of nitriles is 1. The van der Waals surface area contributed by atoms with Crippen LogP contribution < -0.4 is 0 Å². The van der Waals surface area contributed by atoms with Crippen LogP contribution in [0.1, 0.15) is 43.4 Å². The van der Waals surface area contributed by atoms with Crippen LogP contribution in [-0.4, -0.2) is 30.7 Å². The monoisotopic (exact) mass is 492 g/mol. The van der Waals surface area contributed by atoms with Gasteiger partial charge in [-0.05, 0) is 39.8 Å². The molecule has 34 heavy (non-hydrogen) atoms. The first-order valence-electron chi connectivity index (χ1n) is 9.92. The van der Waals surface area contributed by atoms with E-state index in [9.17, 15) is 23.2 Å². The van der Waals surface area contributed by atoms with Gasteiger partial charge in [0.15, 0.2) is 11.5 Å².